The molecule has 0 bridgehead atoms. The van der Waals surface area contributed by atoms with Crippen LogP contribution < -0.4 is 10.7 Å². The topological polar surface area (TPSA) is 113 Å². The van der Waals surface area contributed by atoms with E-state index in [1.165, 1.54) is 0 Å². The number of nitrogens with one attached hydrogen (secondary N) is 1. The van der Waals surface area contributed by atoms with Crippen molar-refractivity contribution >= 4 is 26.7 Å². The lowest BCUT2D eigenvalue weighted by molar-refractivity contribution is 0.0678. The van der Waals surface area contributed by atoms with E-state index in [2.05, 4.69) is 4.98 Å². The lowest BCUT2D eigenvalue weighted by atomic mass is 9.99. The summed E-state index contributed by atoms with van der Waals surface area (Å²) in [4.78, 5) is 29.0. The first-order valence-corrected chi connectivity index (χ1v) is 9.47. The molecule has 1 aliphatic heterocycles. The summed E-state index contributed by atoms with van der Waals surface area (Å²) in [6.45, 7) is 0.860. The Morgan fingerprint density at radius 2 is 2.08 bits per heavy atom. The van der Waals surface area contributed by atoms with Gasteiger partial charge in [0, 0.05) is 18.5 Å². The number of amides is 1. The molecule has 1 saturated heterocycles. The highest BCUT2D eigenvalue weighted by molar-refractivity contribution is 7.89. The van der Waals surface area contributed by atoms with E-state index in [0.717, 1.165) is 0 Å². The molecule has 3 rings (SSSR count). The first kappa shape index (κ1) is 16.7. The summed E-state index contributed by atoms with van der Waals surface area (Å²) in [6.07, 6.45) is 1.43. The fourth-order valence-corrected chi connectivity index (χ4v) is 4.14. The number of benzene rings is 1. The molecule has 1 amide bonds. The molecule has 0 radical (unpaired) electrons. The third-order valence-electron chi connectivity index (χ3n) is 4.26. The summed E-state index contributed by atoms with van der Waals surface area (Å²) >= 11 is 0. The number of pyridine rings is 1. The normalized spacial score (nSPS) is 18.7. The number of H-pyrrole nitrogens is 1. The van der Waals surface area contributed by atoms with E-state index in [4.69, 9.17) is 5.14 Å². The first-order chi connectivity index (χ1) is 11.3. The summed E-state index contributed by atoms with van der Waals surface area (Å²) in [5, 5.41) is 6.33. The minimum atomic E-state index is -3.57. The largest absolute Gasteiger partial charge is 0.337 e. The van der Waals surface area contributed by atoms with E-state index < -0.39 is 10.0 Å². The van der Waals surface area contributed by atoms with Gasteiger partial charge in [0.2, 0.25) is 10.0 Å². The molecule has 1 fully saturated rings. The van der Waals surface area contributed by atoms with Crippen LogP contribution in [0.4, 0.5) is 0 Å². The van der Waals surface area contributed by atoms with Crippen molar-refractivity contribution in [1.29, 1.82) is 0 Å². The Bertz CT molecular complexity index is 936. The van der Waals surface area contributed by atoms with Gasteiger partial charge in [0.15, 0.2) is 0 Å². The zero-order valence-electron chi connectivity index (χ0n) is 13.1. The van der Waals surface area contributed by atoms with Crippen molar-refractivity contribution in [2.75, 3.05) is 18.8 Å². The molecule has 0 saturated carbocycles. The number of hydrogen-bond acceptors (Lipinski definition) is 4. The van der Waals surface area contributed by atoms with Crippen molar-refractivity contribution in [1.82, 2.24) is 9.88 Å². The maximum Gasteiger partial charge on any atom is 0.270 e. The predicted octanol–water partition coefficient (Wildman–Crippen LogP) is 0.669. The molecule has 3 N–H and O–H groups in total. The summed E-state index contributed by atoms with van der Waals surface area (Å²) < 4.78 is 22.5. The molecule has 1 aliphatic rings. The standard InChI is InChI=1S/C16H19N3O4S/c17-24(22,23)10-11-4-3-7-19(9-11)16(21)14-8-12-5-1-2-6-13(12)15(20)18-14/h1-2,5-6,8,11H,3-4,7,9-10H2,(H,18,20)(H2,17,22,23). The molecule has 2 aromatic rings. The number of nitrogens with zero attached hydrogens (tertiary/aromatic N) is 1. The highest BCUT2D eigenvalue weighted by Crippen LogP contribution is 2.20. The van der Waals surface area contributed by atoms with Crippen LogP contribution in [0.2, 0.25) is 0 Å². The smallest absolute Gasteiger partial charge is 0.270 e. The number of sulfonamides is 1. The molecule has 128 valence electrons. The second kappa shape index (κ2) is 6.37. The van der Waals surface area contributed by atoms with Crippen LogP contribution in [0.1, 0.15) is 23.3 Å². The average Bonchev–Trinajstić information content (AvgIpc) is 2.53. The van der Waals surface area contributed by atoms with Crippen molar-refractivity contribution in [3.63, 3.8) is 0 Å². The van der Waals surface area contributed by atoms with Crippen molar-refractivity contribution in [3.05, 3.63) is 46.4 Å². The van der Waals surface area contributed by atoms with Gasteiger partial charge in [-0.1, -0.05) is 18.2 Å². The number of aromatic nitrogens is 1. The molecule has 7 nitrogen and oxygen atoms in total. The second-order valence-corrected chi connectivity index (χ2v) is 7.85. The number of aromatic amines is 1. The van der Waals surface area contributed by atoms with Crippen LogP contribution >= 0.6 is 0 Å². The van der Waals surface area contributed by atoms with Gasteiger partial charge in [0.25, 0.3) is 11.5 Å². The fourth-order valence-electron chi connectivity index (χ4n) is 3.21. The van der Waals surface area contributed by atoms with Crippen LogP contribution in [-0.2, 0) is 10.0 Å². The van der Waals surface area contributed by atoms with Gasteiger partial charge in [0.05, 0.1) is 5.75 Å². The van der Waals surface area contributed by atoms with Crippen molar-refractivity contribution < 1.29 is 13.2 Å². The lowest BCUT2D eigenvalue weighted by Gasteiger charge is -2.32. The van der Waals surface area contributed by atoms with Gasteiger partial charge in [-0.2, -0.15) is 0 Å². The average molecular weight is 349 g/mol. The summed E-state index contributed by atoms with van der Waals surface area (Å²) in [5.74, 6) is -0.604. The van der Waals surface area contributed by atoms with E-state index in [0.29, 0.717) is 36.7 Å². The predicted molar refractivity (Wildman–Crippen MR) is 91.2 cm³/mol. The SMILES string of the molecule is NS(=O)(=O)CC1CCCN(C(=O)c2cc3ccccc3c(=O)[nH]2)C1. The van der Waals surface area contributed by atoms with Gasteiger partial charge in [-0.15, -0.1) is 0 Å². The molecular weight excluding hydrogens is 330 g/mol. The van der Waals surface area contributed by atoms with Crippen LogP contribution in [0.25, 0.3) is 10.8 Å². The first-order valence-electron chi connectivity index (χ1n) is 7.75. The van der Waals surface area contributed by atoms with Gasteiger partial charge in [-0.25, -0.2) is 13.6 Å². The lowest BCUT2D eigenvalue weighted by Crippen LogP contribution is -2.43. The zero-order valence-corrected chi connectivity index (χ0v) is 13.9. The van der Waals surface area contributed by atoms with E-state index in [9.17, 15) is 18.0 Å². The number of carbonyl (C=O) groups is 1. The maximum absolute atomic E-state index is 12.7. The third-order valence-corrected chi connectivity index (χ3v) is 5.19. The van der Waals surface area contributed by atoms with E-state index in [1.807, 2.05) is 0 Å². The molecule has 1 aromatic heterocycles. The Hall–Kier alpha value is -2.19. The molecule has 8 heteroatoms. The molecule has 2 heterocycles. The minimum absolute atomic E-state index is 0.134. The Morgan fingerprint density at radius 3 is 2.83 bits per heavy atom. The number of likely N-dealkylation sites (tertiary alicyclic amines) is 1. The molecular formula is C16H19N3O4S. The van der Waals surface area contributed by atoms with Gasteiger partial charge >= 0.3 is 0 Å². The monoisotopic (exact) mass is 349 g/mol. The highest BCUT2D eigenvalue weighted by atomic mass is 32.2. The van der Waals surface area contributed by atoms with Crippen molar-refractivity contribution in [2.24, 2.45) is 11.1 Å². The molecule has 0 aliphatic carbocycles. The zero-order chi connectivity index (χ0) is 17.3. The summed E-state index contributed by atoms with van der Waals surface area (Å²) in [7, 11) is -3.57. The second-order valence-electron chi connectivity index (χ2n) is 6.19. The Labute approximate surface area is 139 Å². The van der Waals surface area contributed by atoms with Gasteiger partial charge in [0.1, 0.15) is 5.69 Å². The number of carbonyl (C=O) groups excluding carboxylic acids is 1. The Balaban J connectivity index is 1.85. The van der Waals surface area contributed by atoms with Gasteiger partial charge < -0.3 is 9.88 Å². The van der Waals surface area contributed by atoms with Crippen LogP contribution in [0.15, 0.2) is 35.1 Å². The Kier molecular flexibility index (Phi) is 4.42. The fraction of sp³-hybridized carbons (Fsp3) is 0.375. The van der Waals surface area contributed by atoms with Crippen LogP contribution in [0.5, 0.6) is 0 Å². The quantitative estimate of drug-likeness (QED) is 0.847. The van der Waals surface area contributed by atoms with Crippen molar-refractivity contribution in [2.45, 2.75) is 12.8 Å². The van der Waals surface area contributed by atoms with Crippen LogP contribution in [0, 0.1) is 5.92 Å². The van der Waals surface area contributed by atoms with Crippen LogP contribution in [-0.4, -0.2) is 43.1 Å². The van der Waals surface area contributed by atoms with Crippen molar-refractivity contribution in [3.8, 4) is 0 Å². The number of primary sulfonamides is 1. The number of piperidine rings is 1. The summed E-state index contributed by atoms with van der Waals surface area (Å²) in [6, 6.07) is 8.70. The number of fused-ring (bicyclic) bond motifs is 1. The van der Waals surface area contributed by atoms with E-state index >= 15 is 0 Å². The highest BCUT2D eigenvalue weighted by Gasteiger charge is 2.27. The number of nitrogens with two attached hydrogens (primary N) is 1. The molecule has 0 spiro atoms. The number of hydrogen-bond donors (Lipinski definition) is 2. The number of rotatable bonds is 3. The van der Waals surface area contributed by atoms with Crippen LogP contribution in [0.3, 0.4) is 0 Å². The third kappa shape index (κ3) is 3.65. The van der Waals surface area contributed by atoms with Gasteiger partial charge in [-0.05, 0) is 36.3 Å². The van der Waals surface area contributed by atoms with E-state index in [1.54, 1.807) is 35.2 Å². The minimum Gasteiger partial charge on any atom is -0.337 e. The molecule has 1 unspecified atom stereocenters. The molecule has 1 aromatic carbocycles. The summed E-state index contributed by atoms with van der Waals surface area (Å²) in [5.41, 5.74) is -0.0931. The Morgan fingerprint density at radius 1 is 1.33 bits per heavy atom. The molecule has 1 atom stereocenters. The van der Waals surface area contributed by atoms with Gasteiger partial charge in [-0.3, -0.25) is 9.59 Å². The molecule has 24 heavy (non-hydrogen) atoms. The van der Waals surface area contributed by atoms with E-state index in [-0.39, 0.29) is 28.8 Å². The maximum atomic E-state index is 12.7.